The van der Waals surface area contributed by atoms with E-state index in [-0.39, 0.29) is 10.8 Å². The molecule has 1 fully saturated rings. The second kappa shape index (κ2) is 6.19. The molecule has 0 aliphatic heterocycles. The fourth-order valence-electron chi connectivity index (χ4n) is 2.60. The summed E-state index contributed by atoms with van der Waals surface area (Å²) in [4.78, 5) is 23.3. The van der Waals surface area contributed by atoms with Gasteiger partial charge in [0.15, 0.2) is 0 Å². The number of thiophene rings is 1. The van der Waals surface area contributed by atoms with Gasteiger partial charge in [0.2, 0.25) is 5.91 Å². The van der Waals surface area contributed by atoms with E-state index in [9.17, 15) is 9.59 Å². The number of amides is 1. The Labute approximate surface area is 116 Å². The van der Waals surface area contributed by atoms with Crippen molar-refractivity contribution in [2.45, 2.75) is 45.4 Å². The highest BCUT2D eigenvalue weighted by molar-refractivity contribution is 7.12. The van der Waals surface area contributed by atoms with Crippen LogP contribution in [0.1, 0.15) is 53.8 Å². The van der Waals surface area contributed by atoms with E-state index in [0.717, 1.165) is 29.7 Å². The van der Waals surface area contributed by atoms with Gasteiger partial charge in [0.05, 0.1) is 5.69 Å². The van der Waals surface area contributed by atoms with Crippen molar-refractivity contribution >= 4 is 28.9 Å². The van der Waals surface area contributed by atoms with Crippen LogP contribution in [0.25, 0.3) is 0 Å². The molecule has 104 valence electrons. The predicted octanol–water partition coefficient (Wildman–Crippen LogP) is 3.66. The molecule has 1 amide bonds. The number of hydrogen-bond donors (Lipinski definition) is 2. The third-order valence-corrected chi connectivity index (χ3v) is 4.72. The van der Waals surface area contributed by atoms with E-state index in [4.69, 9.17) is 5.11 Å². The van der Waals surface area contributed by atoms with Crippen molar-refractivity contribution in [1.29, 1.82) is 0 Å². The molecule has 1 saturated carbocycles. The molecular weight excluding hydrogens is 262 g/mol. The predicted molar refractivity (Wildman–Crippen MR) is 75.8 cm³/mol. The van der Waals surface area contributed by atoms with Crippen molar-refractivity contribution in [1.82, 2.24) is 0 Å². The SMILES string of the molecule is Cc1csc(C(=O)O)c1NC(=O)CC1CCCCC1. The molecule has 4 nitrogen and oxygen atoms in total. The van der Waals surface area contributed by atoms with Crippen LogP contribution in [-0.2, 0) is 4.79 Å². The van der Waals surface area contributed by atoms with Gasteiger partial charge in [-0.25, -0.2) is 4.79 Å². The number of carboxylic acid groups (broad SMARTS) is 1. The molecular formula is C14H19NO3S. The molecule has 0 aromatic carbocycles. The zero-order valence-electron chi connectivity index (χ0n) is 11.1. The van der Waals surface area contributed by atoms with Crippen LogP contribution >= 0.6 is 11.3 Å². The average Bonchev–Trinajstić information content (AvgIpc) is 2.72. The van der Waals surface area contributed by atoms with Crippen LogP contribution in [-0.4, -0.2) is 17.0 Å². The maximum Gasteiger partial charge on any atom is 0.348 e. The van der Waals surface area contributed by atoms with Crippen LogP contribution in [0, 0.1) is 12.8 Å². The van der Waals surface area contributed by atoms with E-state index in [0.29, 0.717) is 18.0 Å². The number of rotatable bonds is 4. The van der Waals surface area contributed by atoms with Gasteiger partial charge in [-0.05, 0) is 36.6 Å². The van der Waals surface area contributed by atoms with Gasteiger partial charge in [-0.1, -0.05) is 19.3 Å². The number of aryl methyl sites for hydroxylation is 1. The van der Waals surface area contributed by atoms with E-state index in [2.05, 4.69) is 5.32 Å². The highest BCUT2D eigenvalue weighted by Gasteiger charge is 2.20. The van der Waals surface area contributed by atoms with Gasteiger partial charge in [0.25, 0.3) is 0 Å². The molecule has 2 rings (SSSR count). The van der Waals surface area contributed by atoms with Crippen LogP contribution in [0.5, 0.6) is 0 Å². The summed E-state index contributed by atoms with van der Waals surface area (Å²) in [5.74, 6) is -0.581. The molecule has 2 N–H and O–H groups in total. The van der Waals surface area contributed by atoms with E-state index >= 15 is 0 Å². The summed E-state index contributed by atoms with van der Waals surface area (Å²) >= 11 is 1.16. The monoisotopic (exact) mass is 281 g/mol. The van der Waals surface area contributed by atoms with Gasteiger partial charge in [0.1, 0.15) is 4.88 Å². The highest BCUT2D eigenvalue weighted by Crippen LogP contribution is 2.30. The number of nitrogens with one attached hydrogen (secondary N) is 1. The van der Waals surface area contributed by atoms with E-state index in [1.807, 2.05) is 6.92 Å². The maximum absolute atomic E-state index is 12.0. The summed E-state index contributed by atoms with van der Waals surface area (Å²) in [5, 5.41) is 13.6. The number of carbonyl (C=O) groups excluding carboxylic acids is 1. The summed E-state index contributed by atoms with van der Waals surface area (Å²) in [7, 11) is 0. The Kier molecular flexibility index (Phi) is 4.58. The molecule has 1 aromatic heterocycles. The first-order valence-corrected chi connectivity index (χ1v) is 7.57. The van der Waals surface area contributed by atoms with Crippen molar-refractivity contribution in [3.8, 4) is 0 Å². The summed E-state index contributed by atoms with van der Waals surface area (Å²) < 4.78 is 0. The average molecular weight is 281 g/mol. The molecule has 1 aliphatic carbocycles. The first-order valence-electron chi connectivity index (χ1n) is 6.69. The molecule has 1 aliphatic rings. The van der Waals surface area contributed by atoms with Crippen LogP contribution in [0.3, 0.4) is 0 Å². The molecule has 0 radical (unpaired) electrons. The summed E-state index contributed by atoms with van der Waals surface area (Å²) in [5.41, 5.74) is 1.29. The summed E-state index contributed by atoms with van der Waals surface area (Å²) in [6.07, 6.45) is 6.41. The Morgan fingerprint density at radius 3 is 2.68 bits per heavy atom. The number of carboxylic acids is 1. The van der Waals surface area contributed by atoms with Crippen molar-refractivity contribution < 1.29 is 14.7 Å². The van der Waals surface area contributed by atoms with Crippen molar-refractivity contribution in [3.05, 3.63) is 15.8 Å². The second-order valence-corrected chi connectivity index (χ2v) is 6.06. The topological polar surface area (TPSA) is 66.4 Å². The van der Waals surface area contributed by atoms with Gasteiger partial charge >= 0.3 is 5.97 Å². The smallest absolute Gasteiger partial charge is 0.348 e. The fourth-order valence-corrected chi connectivity index (χ4v) is 3.44. The van der Waals surface area contributed by atoms with Gasteiger partial charge in [-0.3, -0.25) is 4.79 Å². The maximum atomic E-state index is 12.0. The number of hydrogen-bond acceptors (Lipinski definition) is 3. The van der Waals surface area contributed by atoms with E-state index in [1.54, 1.807) is 5.38 Å². The minimum atomic E-state index is -0.980. The lowest BCUT2D eigenvalue weighted by molar-refractivity contribution is -0.117. The molecule has 0 spiro atoms. The molecule has 0 atom stereocenters. The molecule has 0 bridgehead atoms. The number of aromatic carboxylic acids is 1. The largest absolute Gasteiger partial charge is 0.477 e. The Morgan fingerprint density at radius 2 is 2.05 bits per heavy atom. The summed E-state index contributed by atoms with van der Waals surface area (Å²) in [6.45, 7) is 1.82. The Hall–Kier alpha value is -1.36. The third kappa shape index (κ3) is 3.56. The molecule has 1 aromatic rings. The second-order valence-electron chi connectivity index (χ2n) is 5.18. The van der Waals surface area contributed by atoms with Gasteiger partial charge in [-0.2, -0.15) is 0 Å². The fraction of sp³-hybridized carbons (Fsp3) is 0.571. The zero-order chi connectivity index (χ0) is 13.8. The molecule has 19 heavy (non-hydrogen) atoms. The summed E-state index contributed by atoms with van der Waals surface area (Å²) in [6, 6.07) is 0. The molecule has 0 unspecified atom stereocenters. The number of carbonyl (C=O) groups is 2. The van der Waals surface area contributed by atoms with Gasteiger partial charge in [0, 0.05) is 6.42 Å². The third-order valence-electron chi connectivity index (χ3n) is 3.63. The van der Waals surface area contributed by atoms with Gasteiger partial charge < -0.3 is 10.4 Å². The molecule has 1 heterocycles. The van der Waals surface area contributed by atoms with Crippen LogP contribution in [0.2, 0.25) is 0 Å². The zero-order valence-corrected chi connectivity index (χ0v) is 11.9. The van der Waals surface area contributed by atoms with Crippen LogP contribution in [0.4, 0.5) is 5.69 Å². The lowest BCUT2D eigenvalue weighted by Crippen LogP contribution is -2.19. The van der Waals surface area contributed by atoms with Crippen LogP contribution < -0.4 is 5.32 Å². The van der Waals surface area contributed by atoms with Crippen LogP contribution in [0.15, 0.2) is 5.38 Å². The minimum Gasteiger partial charge on any atom is -0.477 e. The standard InChI is InChI=1S/C14H19NO3S/c1-9-8-19-13(14(17)18)12(9)15-11(16)7-10-5-3-2-4-6-10/h8,10H,2-7H2,1H3,(H,15,16)(H,17,18). The van der Waals surface area contributed by atoms with E-state index in [1.165, 1.54) is 19.3 Å². The van der Waals surface area contributed by atoms with Crippen molar-refractivity contribution in [2.75, 3.05) is 5.32 Å². The Balaban J connectivity index is 1.98. The van der Waals surface area contributed by atoms with Crippen molar-refractivity contribution in [2.24, 2.45) is 5.92 Å². The molecule has 0 saturated heterocycles. The highest BCUT2D eigenvalue weighted by atomic mass is 32.1. The quantitative estimate of drug-likeness (QED) is 0.885. The van der Waals surface area contributed by atoms with Gasteiger partial charge in [-0.15, -0.1) is 11.3 Å². The normalized spacial score (nSPS) is 16.3. The Morgan fingerprint density at radius 1 is 1.37 bits per heavy atom. The molecule has 5 heteroatoms. The Bertz CT molecular complexity index is 475. The lowest BCUT2D eigenvalue weighted by Gasteiger charge is -2.20. The lowest BCUT2D eigenvalue weighted by atomic mass is 9.87. The van der Waals surface area contributed by atoms with E-state index < -0.39 is 5.97 Å². The first-order chi connectivity index (χ1) is 9.08. The van der Waals surface area contributed by atoms with Crippen molar-refractivity contribution in [3.63, 3.8) is 0 Å². The first kappa shape index (κ1) is 14.1. The minimum absolute atomic E-state index is 0.0594. The number of anilines is 1.